The molecule has 0 N–H and O–H groups in total. The first-order valence-electron chi connectivity index (χ1n) is 2.40. The Balaban J connectivity index is 0. The second-order valence-electron chi connectivity index (χ2n) is 1.35. The topological polar surface area (TPSA) is 9.23 Å². The molecule has 0 aliphatic rings. The standard InChI is InChI=1S/C5H12O.Na.H/c1-3-4-5-6-2;;/h3-5H2,1-2H3;;. The molecule has 0 aromatic carbocycles. The monoisotopic (exact) mass is 112 g/mol. The maximum atomic E-state index is 4.78. The van der Waals surface area contributed by atoms with Gasteiger partial charge in [-0.15, -0.1) is 0 Å². The van der Waals surface area contributed by atoms with Crippen LogP contribution < -0.4 is 0 Å². The van der Waals surface area contributed by atoms with Crippen molar-refractivity contribution in [1.82, 2.24) is 0 Å². The van der Waals surface area contributed by atoms with E-state index in [2.05, 4.69) is 6.92 Å². The van der Waals surface area contributed by atoms with Crippen LogP contribution in [0.25, 0.3) is 0 Å². The number of methoxy groups -OCH3 is 1. The third kappa shape index (κ3) is 10.9. The van der Waals surface area contributed by atoms with Gasteiger partial charge in [0.25, 0.3) is 0 Å². The summed E-state index contributed by atoms with van der Waals surface area (Å²) in [5, 5.41) is 0. The van der Waals surface area contributed by atoms with E-state index in [1.165, 1.54) is 12.8 Å². The Labute approximate surface area is 67.7 Å². The quantitative estimate of drug-likeness (QED) is 0.387. The molecule has 0 radical (unpaired) electrons. The van der Waals surface area contributed by atoms with Crippen LogP contribution >= 0.6 is 0 Å². The summed E-state index contributed by atoms with van der Waals surface area (Å²) in [6.45, 7) is 3.07. The van der Waals surface area contributed by atoms with Crippen LogP contribution in [0.1, 0.15) is 19.8 Å². The zero-order chi connectivity index (χ0) is 4.83. The van der Waals surface area contributed by atoms with Crippen LogP contribution in [-0.2, 0) is 4.74 Å². The van der Waals surface area contributed by atoms with E-state index >= 15 is 0 Å². The summed E-state index contributed by atoms with van der Waals surface area (Å²) in [5.41, 5.74) is 0. The molecule has 1 nitrogen and oxygen atoms in total. The van der Waals surface area contributed by atoms with Crippen molar-refractivity contribution < 1.29 is 4.74 Å². The average molecular weight is 112 g/mol. The van der Waals surface area contributed by atoms with Crippen molar-refractivity contribution in [2.24, 2.45) is 0 Å². The molecule has 0 fully saturated rings. The Hall–Kier alpha value is 0.960. The minimum atomic E-state index is 0. The third-order valence-corrected chi connectivity index (χ3v) is 0.702. The van der Waals surface area contributed by atoms with Crippen molar-refractivity contribution in [3.8, 4) is 0 Å². The minimum absolute atomic E-state index is 0. The molecule has 0 spiro atoms. The Kier molecular flexibility index (Phi) is 15.6. The molecule has 0 unspecified atom stereocenters. The van der Waals surface area contributed by atoms with E-state index in [1.807, 2.05) is 0 Å². The van der Waals surface area contributed by atoms with Gasteiger partial charge in [0.1, 0.15) is 0 Å². The van der Waals surface area contributed by atoms with Crippen molar-refractivity contribution >= 4 is 29.6 Å². The van der Waals surface area contributed by atoms with Gasteiger partial charge in [0.05, 0.1) is 0 Å². The first-order valence-corrected chi connectivity index (χ1v) is 2.40. The number of hydrogen-bond donors (Lipinski definition) is 0. The summed E-state index contributed by atoms with van der Waals surface area (Å²) in [6.07, 6.45) is 2.42. The molecule has 0 aromatic heterocycles. The van der Waals surface area contributed by atoms with Crippen LogP contribution in [0.15, 0.2) is 0 Å². The van der Waals surface area contributed by atoms with Gasteiger partial charge in [-0.3, -0.25) is 0 Å². The molecule has 0 aliphatic carbocycles. The molecule has 7 heavy (non-hydrogen) atoms. The molecular weight excluding hydrogens is 99.0 g/mol. The van der Waals surface area contributed by atoms with E-state index < -0.39 is 0 Å². The Morgan fingerprint density at radius 3 is 2.14 bits per heavy atom. The Morgan fingerprint density at radius 1 is 1.43 bits per heavy atom. The normalized spacial score (nSPS) is 7.71. The molecular formula is C5H13NaO. The van der Waals surface area contributed by atoms with E-state index in [4.69, 9.17) is 4.74 Å². The van der Waals surface area contributed by atoms with Crippen molar-refractivity contribution in [1.29, 1.82) is 0 Å². The van der Waals surface area contributed by atoms with Crippen LogP contribution in [0.5, 0.6) is 0 Å². The van der Waals surface area contributed by atoms with Gasteiger partial charge in [-0.1, -0.05) is 13.3 Å². The van der Waals surface area contributed by atoms with Crippen molar-refractivity contribution in [3.05, 3.63) is 0 Å². The van der Waals surface area contributed by atoms with Crippen LogP contribution in [0.4, 0.5) is 0 Å². The summed E-state index contributed by atoms with van der Waals surface area (Å²) >= 11 is 0. The van der Waals surface area contributed by atoms with Crippen molar-refractivity contribution in [2.75, 3.05) is 13.7 Å². The predicted molar refractivity (Wildman–Crippen MR) is 33.9 cm³/mol. The van der Waals surface area contributed by atoms with E-state index in [9.17, 15) is 0 Å². The maximum absolute atomic E-state index is 4.78. The third-order valence-electron chi connectivity index (χ3n) is 0.702. The number of ether oxygens (including phenoxy) is 1. The van der Waals surface area contributed by atoms with Crippen molar-refractivity contribution in [2.45, 2.75) is 19.8 Å². The number of unbranched alkanes of at least 4 members (excludes halogenated alkanes) is 1. The van der Waals surface area contributed by atoms with E-state index in [1.54, 1.807) is 7.11 Å². The van der Waals surface area contributed by atoms with Gasteiger partial charge in [-0.05, 0) is 6.42 Å². The molecule has 0 bridgehead atoms. The van der Waals surface area contributed by atoms with Crippen LogP contribution in [0, 0.1) is 0 Å². The predicted octanol–water partition coefficient (Wildman–Crippen LogP) is 0.784. The van der Waals surface area contributed by atoms with E-state index in [0.29, 0.717) is 0 Å². The van der Waals surface area contributed by atoms with E-state index in [-0.39, 0.29) is 29.6 Å². The Morgan fingerprint density at radius 2 is 2.00 bits per heavy atom. The molecule has 0 saturated heterocycles. The summed E-state index contributed by atoms with van der Waals surface area (Å²) in [7, 11) is 1.73. The SMILES string of the molecule is CCCCOC.[NaH]. The molecule has 0 rings (SSSR count). The first kappa shape index (κ1) is 10.9. The zero-order valence-corrected chi connectivity index (χ0v) is 4.53. The molecule has 0 aromatic rings. The first-order chi connectivity index (χ1) is 2.91. The fraction of sp³-hybridized carbons (Fsp3) is 1.00. The van der Waals surface area contributed by atoms with Gasteiger partial charge >= 0.3 is 29.6 Å². The molecule has 0 atom stereocenters. The molecule has 2 heteroatoms. The van der Waals surface area contributed by atoms with Crippen molar-refractivity contribution in [3.63, 3.8) is 0 Å². The van der Waals surface area contributed by atoms with Gasteiger partial charge in [0.2, 0.25) is 0 Å². The van der Waals surface area contributed by atoms with Crippen LogP contribution in [-0.4, -0.2) is 43.3 Å². The molecule has 0 amide bonds. The molecule has 0 heterocycles. The molecule has 40 valence electrons. The second-order valence-corrected chi connectivity index (χ2v) is 1.35. The fourth-order valence-electron chi connectivity index (χ4n) is 0.289. The second kappa shape index (κ2) is 10.0. The fourth-order valence-corrected chi connectivity index (χ4v) is 0.289. The van der Waals surface area contributed by atoms with Gasteiger partial charge in [0, 0.05) is 13.7 Å². The van der Waals surface area contributed by atoms with E-state index in [0.717, 1.165) is 6.61 Å². The summed E-state index contributed by atoms with van der Waals surface area (Å²) < 4.78 is 4.78. The summed E-state index contributed by atoms with van der Waals surface area (Å²) in [5.74, 6) is 0. The number of rotatable bonds is 3. The molecule has 0 aliphatic heterocycles. The molecule has 0 saturated carbocycles. The van der Waals surface area contributed by atoms with Crippen LogP contribution in [0.2, 0.25) is 0 Å². The summed E-state index contributed by atoms with van der Waals surface area (Å²) in [4.78, 5) is 0. The zero-order valence-electron chi connectivity index (χ0n) is 4.53. The van der Waals surface area contributed by atoms with Gasteiger partial charge in [0.15, 0.2) is 0 Å². The number of hydrogen-bond acceptors (Lipinski definition) is 1. The van der Waals surface area contributed by atoms with Gasteiger partial charge in [-0.25, -0.2) is 0 Å². The van der Waals surface area contributed by atoms with Gasteiger partial charge < -0.3 is 4.74 Å². The summed E-state index contributed by atoms with van der Waals surface area (Å²) in [6, 6.07) is 0. The van der Waals surface area contributed by atoms with Gasteiger partial charge in [-0.2, -0.15) is 0 Å². The Bertz CT molecular complexity index is 20.0. The average Bonchev–Trinajstić information content (AvgIpc) is 1.61. The van der Waals surface area contributed by atoms with Crippen LogP contribution in [0.3, 0.4) is 0 Å².